The van der Waals surface area contributed by atoms with E-state index in [9.17, 15) is 4.39 Å². The van der Waals surface area contributed by atoms with Crippen molar-refractivity contribution in [2.75, 3.05) is 0 Å². The molecule has 0 saturated heterocycles. The Morgan fingerprint density at radius 1 is 1.07 bits per heavy atom. The maximum atomic E-state index is 13.0. The van der Waals surface area contributed by atoms with Gasteiger partial charge < -0.3 is 4.57 Å². The summed E-state index contributed by atoms with van der Waals surface area (Å²) in [7, 11) is 0. The fourth-order valence-corrected chi connectivity index (χ4v) is 2.02. The van der Waals surface area contributed by atoms with Gasteiger partial charge in [-0.05, 0) is 12.1 Å². The lowest BCUT2D eigenvalue weighted by atomic mass is 10.2. The largest absolute Gasteiger partial charge is 0.311 e. The number of nitrogens with zero attached hydrogens (tertiary/aromatic N) is 2. The topological polar surface area (TPSA) is 17.8 Å². The molecule has 0 fully saturated rings. The van der Waals surface area contributed by atoms with E-state index in [1.807, 2.05) is 30.3 Å². The van der Waals surface area contributed by atoms with Gasteiger partial charge in [0.25, 0.3) is 0 Å². The average Bonchev–Trinajstić information content (AvgIpc) is 2.63. The van der Waals surface area contributed by atoms with Gasteiger partial charge in [0.1, 0.15) is 0 Å². The molecule has 0 atom stereocenters. The molecule has 0 saturated carbocycles. The molecule has 3 heteroatoms. The van der Waals surface area contributed by atoms with Crippen LogP contribution >= 0.6 is 0 Å². The van der Waals surface area contributed by atoms with Crippen molar-refractivity contribution in [2.24, 2.45) is 0 Å². The van der Waals surface area contributed by atoms with Crippen molar-refractivity contribution < 1.29 is 4.39 Å². The lowest BCUT2D eigenvalue weighted by Crippen LogP contribution is -1.91. The maximum Gasteiger partial charge on any atom is 0.166 e. The highest BCUT2D eigenvalue weighted by Gasteiger charge is 2.08. The Morgan fingerprint density at radius 2 is 1.87 bits per heavy atom. The summed E-state index contributed by atoms with van der Waals surface area (Å²) in [6.45, 7) is -0.518. The summed E-state index contributed by atoms with van der Waals surface area (Å²) < 4.78 is 14.6. The average molecular weight is 200 g/mol. The Bertz CT molecular complexity index is 574. The molecule has 0 spiro atoms. The van der Waals surface area contributed by atoms with Gasteiger partial charge in [-0.2, -0.15) is 0 Å². The number of alkyl halides is 1. The zero-order valence-corrected chi connectivity index (χ0v) is 8.02. The first-order chi connectivity index (χ1) is 7.42. The molecule has 0 bridgehead atoms. The molecular weight excluding hydrogens is 191 g/mol. The predicted molar refractivity (Wildman–Crippen MR) is 58.3 cm³/mol. The van der Waals surface area contributed by atoms with E-state index in [1.54, 1.807) is 17.0 Å². The number of hydrogen-bond donors (Lipinski definition) is 0. The van der Waals surface area contributed by atoms with E-state index < -0.39 is 6.80 Å². The number of hydrogen-bond acceptors (Lipinski definition) is 1. The van der Waals surface area contributed by atoms with Crippen molar-refractivity contribution in [1.29, 1.82) is 0 Å². The fourth-order valence-electron chi connectivity index (χ4n) is 2.02. The third-order valence-corrected chi connectivity index (χ3v) is 2.70. The minimum absolute atomic E-state index is 0.518. The number of para-hydroxylation sites is 1. The van der Waals surface area contributed by atoms with Gasteiger partial charge in [0.05, 0.1) is 17.2 Å². The molecular formula is C12H9FN2. The lowest BCUT2D eigenvalue weighted by molar-refractivity contribution is 0.393. The van der Waals surface area contributed by atoms with Crippen molar-refractivity contribution >= 4 is 21.8 Å². The first-order valence-corrected chi connectivity index (χ1v) is 4.79. The lowest BCUT2D eigenvalue weighted by Gasteiger charge is -1.98. The van der Waals surface area contributed by atoms with Gasteiger partial charge in [-0.1, -0.05) is 18.2 Å². The van der Waals surface area contributed by atoms with Gasteiger partial charge in [-0.3, -0.25) is 4.98 Å². The molecule has 0 radical (unpaired) electrons. The molecule has 0 N–H and O–H groups in total. The van der Waals surface area contributed by atoms with Crippen LogP contribution in [-0.4, -0.2) is 9.55 Å². The van der Waals surface area contributed by atoms with Gasteiger partial charge >= 0.3 is 0 Å². The van der Waals surface area contributed by atoms with Crippen LogP contribution in [0.2, 0.25) is 0 Å². The molecule has 15 heavy (non-hydrogen) atoms. The van der Waals surface area contributed by atoms with Crippen LogP contribution in [0, 0.1) is 0 Å². The number of pyridine rings is 1. The minimum atomic E-state index is -0.518. The number of fused-ring (bicyclic) bond motifs is 3. The second-order valence-corrected chi connectivity index (χ2v) is 3.46. The van der Waals surface area contributed by atoms with Gasteiger partial charge in [-0.15, -0.1) is 0 Å². The zero-order chi connectivity index (χ0) is 10.3. The summed E-state index contributed by atoms with van der Waals surface area (Å²) in [5, 5.41) is 2.13. The summed E-state index contributed by atoms with van der Waals surface area (Å²) in [5.74, 6) is 0. The molecule has 0 aliphatic carbocycles. The highest BCUT2D eigenvalue weighted by molar-refractivity contribution is 6.07. The summed E-state index contributed by atoms with van der Waals surface area (Å²) in [6.07, 6.45) is 3.44. The quantitative estimate of drug-likeness (QED) is 0.590. The van der Waals surface area contributed by atoms with Crippen LogP contribution in [0.4, 0.5) is 4.39 Å². The van der Waals surface area contributed by atoms with E-state index in [1.165, 1.54) is 0 Å². The highest BCUT2D eigenvalue weighted by atomic mass is 19.1. The molecule has 3 rings (SSSR count). The van der Waals surface area contributed by atoms with Crippen LogP contribution in [0.3, 0.4) is 0 Å². The van der Waals surface area contributed by atoms with Crippen LogP contribution in [0.15, 0.2) is 42.7 Å². The first-order valence-electron chi connectivity index (χ1n) is 4.79. The third kappa shape index (κ3) is 1.06. The van der Waals surface area contributed by atoms with Crippen LogP contribution in [-0.2, 0) is 6.80 Å². The predicted octanol–water partition coefficient (Wildman–Crippen LogP) is 3.12. The molecule has 0 amide bonds. The van der Waals surface area contributed by atoms with Crippen LogP contribution in [0.5, 0.6) is 0 Å². The molecule has 74 valence electrons. The van der Waals surface area contributed by atoms with Crippen molar-refractivity contribution in [3.8, 4) is 0 Å². The minimum Gasteiger partial charge on any atom is -0.311 e. The zero-order valence-electron chi connectivity index (χ0n) is 8.02. The van der Waals surface area contributed by atoms with Gasteiger partial charge in [0.2, 0.25) is 0 Å². The summed E-state index contributed by atoms with van der Waals surface area (Å²) in [4.78, 5) is 4.03. The van der Waals surface area contributed by atoms with Crippen molar-refractivity contribution in [3.63, 3.8) is 0 Å². The molecule has 2 nitrogen and oxygen atoms in total. The van der Waals surface area contributed by atoms with Gasteiger partial charge in [0, 0.05) is 17.0 Å². The standard InChI is InChI=1S/C12H9FN2/c13-8-15-11-4-2-1-3-9(11)10-5-6-14-7-12(10)15/h1-7H,8H2. The molecule has 0 aliphatic rings. The normalized spacial score (nSPS) is 11.3. The second kappa shape index (κ2) is 3.05. The monoisotopic (exact) mass is 200 g/mol. The van der Waals surface area contributed by atoms with Crippen molar-refractivity contribution in [1.82, 2.24) is 9.55 Å². The van der Waals surface area contributed by atoms with E-state index in [2.05, 4.69) is 4.98 Å². The van der Waals surface area contributed by atoms with E-state index in [-0.39, 0.29) is 0 Å². The van der Waals surface area contributed by atoms with Crippen LogP contribution in [0.1, 0.15) is 0 Å². The van der Waals surface area contributed by atoms with Gasteiger partial charge in [-0.25, -0.2) is 4.39 Å². The first kappa shape index (κ1) is 8.41. The molecule has 0 aliphatic heterocycles. The number of rotatable bonds is 1. The van der Waals surface area contributed by atoms with Crippen molar-refractivity contribution in [3.05, 3.63) is 42.7 Å². The third-order valence-electron chi connectivity index (χ3n) is 2.70. The smallest absolute Gasteiger partial charge is 0.166 e. The number of benzene rings is 1. The fraction of sp³-hybridized carbons (Fsp3) is 0.0833. The number of aromatic nitrogens is 2. The summed E-state index contributed by atoms with van der Waals surface area (Å²) in [6, 6.07) is 9.73. The number of halogens is 1. The molecule has 0 unspecified atom stereocenters. The van der Waals surface area contributed by atoms with E-state index in [4.69, 9.17) is 0 Å². The van der Waals surface area contributed by atoms with Crippen LogP contribution < -0.4 is 0 Å². The van der Waals surface area contributed by atoms with Gasteiger partial charge in [0.15, 0.2) is 6.80 Å². The van der Waals surface area contributed by atoms with E-state index >= 15 is 0 Å². The molecule has 2 heterocycles. The Labute approximate surface area is 86.0 Å². The van der Waals surface area contributed by atoms with E-state index in [0.717, 1.165) is 21.8 Å². The Kier molecular flexibility index (Phi) is 1.71. The van der Waals surface area contributed by atoms with Crippen molar-refractivity contribution in [2.45, 2.75) is 6.80 Å². The second-order valence-electron chi connectivity index (χ2n) is 3.46. The van der Waals surface area contributed by atoms with Crippen LogP contribution in [0.25, 0.3) is 21.8 Å². The molecule has 1 aromatic carbocycles. The maximum absolute atomic E-state index is 13.0. The summed E-state index contributed by atoms with van der Waals surface area (Å²) in [5.41, 5.74) is 1.77. The SMILES string of the molecule is FCn1c2ccccc2c2ccncc21. The van der Waals surface area contributed by atoms with E-state index in [0.29, 0.717) is 0 Å². The Hall–Kier alpha value is -1.90. The molecule has 3 aromatic rings. The Balaban J connectivity index is 2.62. The molecule has 2 aromatic heterocycles. The summed E-state index contributed by atoms with van der Waals surface area (Å²) >= 11 is 0. The Morgan fingerprint density at radius 3 is 2.73 bits per heavy atom. The highest BCUT2D eigenvalue weighted by Crippen LogP contribution is 2.27.